The summed E-state index contributed by atoms with van der Waals surface area (Å²) in [5.41, 5.74) is -0.619. The molecule has 0 aliphatic heterocycles. The number of rotatable bonds is 7. The van der Waals surface area contributed by atoms with Crippen LogP contribution in [-0.2, 0) is 4.79 Å². The number of thioether (sulfide) groups is 1. The van der Waals surface area contributed by atoms with Crippen LogP contribution in [0.1, 0.15) is 26.7 Å². The van der Waals surface area contributed by atoms with Crippen molar-refractivity contribution in [2.24, 2.45) is 5.41 Å². The topological polar surface area (TPSA) is 57.5 Å². The van der Waals surface area contributed by atoms with Gasteiger partial charge in [0.25, 0.3) is 0 Å². The number of aliphatic hydroxyl groups excluding tert-OH is 1. The van der Waals surface area contributed by atoms with E-state index in [1.165, 1.54) is 0 Å². The Morgan fingerprint density at radius 2 is 2.00 bits per heavy atom. The quantitative estimate of drug-likeness (QED) is 0.621. The maximum absolute atomic E-state index is 10.7. The normalized spacial score (nSPS) is 11.6. The molecule has 0 aromatic carbocycles. The first-order valence-corrected chi connectivity index (χ1v) is 5.58. The number of carboxylic acids is 1. The molecule has 13 heavy (non-hydrogen) atoms. The van der Waals surface area contributed by atoms with Crippen LogP contribution in [0.15, 0.2) is 0 Å². The second-order valence-electron chi connectivity index (χ2n) is 3.63. The molecular formula is C9H18O3S. The molecule has 0 radical (unpaired) electrons. The van der Waals surface area contributed by atoms with Gasteiger partial charge in [-0.3, -0.25) is 4.79 Å². The molecule has 2 N–H and O–H groups in total. The fraction of sp³-hybridized carbons (Fsp3) is 0.889. The fourth-order valence-corrected chi connectivity index (χ4v) is 1.89. The summed E-state index contributed by atoms with van der Waals surface area (Å²) in [4.78, 5) is 10.7. The molecule has 4 heteroatoms. The zero-order valence-corrected chi connectivity index (χ0v) is 9.06. The van der Waals surface area contributed by atoms with E-state index in [4.69, 9.17) is 10.2 Å². The van der Waals surface area contributed by atoms with Crippen LogP contribution >= 0.6 is 11.8 Å². The SMILES string of the molecule is CC(C)(CCSCCCO)C(=O)O. The van der Waals surface area contributed by atoms with E-state index in [1.54, 1.807) is 25.6 Å². The largest absolute Gasteiger partial charge is 0.481 e. The molecule has 0 fully saturated rings. The van der Waals surface area contributed by atoms with Gasteiger partial charge in [0.05, 0.1) is 5.41 Å². The molecule has 0 aromatic heterocycles. The van der Waals surface area contributed by atoms with Crippen molar-refractivity contribution in [3.05, 3.63) is 0 Å². The van der Waals surface area contributed by atoms with Crippen molar-refractivity contribution in [2.45, 2.75) is 26.7 Å². The first-order valence-electron chi connectivity index (χ1n) is 4.42. The zero-order valence-electron chi connectivity index (χ0n) is 8.25. The third-order valence-corrected chi connectivity index (χ3v) is 2.97. The Bertz CT molecular complexity index is 157. The summed E-state index contributed by atoms with van der Waals surface area (Å²) < 4.78 is 0. The van der Waals surface area contributed by atoms with Crippen LogP contribution in [0.4, 0.5) is 0 Å². The van der Waals surface area contributed by atoms with Gasteiger partial charge in [0.1, 0.15) is 0 Å². The van der Waals surface area contributed by atoms with Gasteiger partial charge in [0.15, 0.2) is 0 Å². The van der Waals surface area contributed by atoms with Gasteiger partial charge in [-0.25, -0.2) is 0 Å². The Morgan fingerprint density at radius 3 is 2.46 bits per heavy atom. The Kier molecular flexibility index (Phi) is 6.16. The smallest absolute Gasteiger partial charge is 0.309 e. The number of carbonyl (C=O) groups is 1. The molecule has 78 valence electrons. The summed E-state index contributed by atoms with van der Waals surface area (Å²) in [7, 11) is 0. The van der Waals surface area contributed by atoms with Gasteiger partial charge in [-0.05, 0) is 38.2 Å². The van der Waals surface area contributed by atoms with Gasteiger partial charge in [0, 0.05) is 6.61 Å². The van der Waals surface area contributed by atoms with Crippen molar-refractivity contribution in [3.8, 4) is 0 Å². The van der Waals surface area contributed by atoms with Crippen LogP contribution < -0.4 is 0 Å². The molecule has 0 amide bonds. The van der Waals surface area contributed by atoms with Crippen LogP contribution in [0, 0.1) is 5.41 Å². The van der Waals surface area contributed by atoms with E-state index in [1.807, 2.05) is 0 Å². The average Bonchev–Trinajstić information content (AvgIpc) is 2.03. The molecule has 0 rings (SSSR count). The van der Waals surface area contributed by atoms with E-state index in [0.29, 0.717) is 6.42 Å². The molecule has 0 spiro atoms. The van der Waals surface area contributed by atoms with Gasteiger partial charge in [-0.1, -0.05) is 0 Å². The van der Waals surface area contributed by atoms with E-state index in [-0.39, 0.29) is 6.61 Å². The van der Waals surface area contributed by atoms with Gasteiger partial charge in [0.2, 0.25) is 0 Å². The van der Waals surface area contributed by atoms with Crippen molar-refractivity contribution in [1.82, 2.24) is 0 Å². The van der Waals surface area contributed by atoms with E-state index in [0.717, 1.165) is 17.9 Å². The lowest BCUT2D eigenvalue weighted by atomic mass is 9.91. The molecule has 0 saturated carbocycles. The number of aliphatic carboxylic acids is 1. The van der Waals surface area contributed by atoms with Gasteiger partial charge in [-0.15, -0.1) is 0 Å². The van der Waals surface area contributed by atoms with E-state index >= 15 is 0 Å². The summed E-state index contributed by atoms with van der Waals surface area (Å²) in [5, 5.41) is 17.3. The third kappa shape index (κ3) is 5.93. The van der Waals surface area contributed by atoms with Crippen LogP contribution in [0.25, 0.3) is 0 Å². The predicted octanol–water partition coefficient (Wildman–Crippen LogP) is 1.60. The lowest BCUT2D eigenvalue weighted by Gasteiger charge is -2.18. The molecule has 0 aliphatic carbocycles. The molecule has 0 unspecified atom stereocenters. The number of hydrogen-bond donors (Lipinski definition) is 2. The molecule has 3 nitrogen and oxygen atoms in total. The summed E-state index contributed by atoms with van der Waals surface area (Å²) in [6, 6.07) is 0. The minimum Gasteiger partial charge on any atom is -0.481 e. The van der Waals surface area contributed by atoms with Gasteiger partial charge >= 0.3 is 5.97 Å². The molecular weight excluding hydrogens is 188 g/mol. The average molecular weight is 206 g/mol. The number of aliphatic hydroxyl groups is 1. The zero-order chi connectivity index (χ0) is 10.3. The fourth-order valence-electron chi connectivity index (χ4n) is 0.703. The standard InChI is InChI=1S/C9H18O3S/c1-9(2,8(11)12)4-7-13-6-3-5-10/h10H,3-7H2,1-2H3,(H,11,12). The Hall–Kier alpha value is -0.220. The summed E-state index contributed by atoms with van der Waals surface area (Å²) in [6.45, 7) is 3.69. The first-order chi connectivity index (χ1) is 6.00. The molecule has 0 aliphatic rings. The summed E-state index contributed by atoms with van der Waals surface area (Å²) in [6.07, 6.45) is 1.47. The predicted molar refractivity (Wildman–Crippen MR) is 55.1 cm³/mol. The van der Waals surface area contributed by atoms with Gasteiger partial charge in [-0.2, -0.15) is 11.8 Å². The van der Waals surface area contributed by atoms with Crippen molar-refractivity contribution in [1.29, 1.82) is 0 Å². The number of carboxylic acid groups (broad SMARTS) is 1. The van der Waals surface area contributed by atoms with Crippen LogP contribution in [0.5, 0.6) is 0 Å². The van der Waals surface area contributed by atoms with Crippen molar-refractivity contribution >= 4 is 17.7 Å². The molecule has 0 heterocycles. The molecule has 0 aromatic rings. The van der Waals surface area contributed by atoms with Crippen LogP contribution in [0.3, 0.4) is 0 Å². The monoisotopic (exact) mass is 206 g/mol. The summed E-state index contributed by atoms with van der Waals surface area (Å²) in [5.74, 6) is 1.01. The third-order valence-electron chi connectivity index (χ3n) is 1.90. The van der Waals surface area contributed by atoms with Gasteiger partial charge < -0.3 is 10.2 Å². The van der Waals surface area contributed by atoms with Crippen LogP contribution in [-0.4, -0.2) is 34.3 Å². The second kappa shape index (κ2) is 6.27. The molecule has 0 saturated heterocycles. The summed E-state index contributed by atoms with van der Waals surface area (Å²) >= 11 is 1.70. The maximum atomic E-state index is 10.7. The number of hydrogen-bond acceptors (Lipinski definition) is 3. The lowest BCUT2D eigenvalue weighted by Crippen LogP contribution is -2.24. The molecule has 0 bridgehead atoms. The highest BCUT2D eigenvalue weighted by molar-refractivity contribution is 7.99. The first kappa shape index (κ1) is 12.8. The highest BCUT2D eigenvalue weighted by Crippen LogP contribution is 2.23. The molecule has 0 atom stereocenters. The van der Waals surface area contributed by atoms with E-state index < -0.39 is 11.4 Å². The van der Waals surface area contributed by atoms with Crippen molar-refractivity contribution in [3.63, 3.8) is 0 Å². The highest BCUT2D eigenvalue weighted by Gasteiger charge is 2.25. The maximum Gasteiger partial charge on any atom is 0.309 e. The van der Waals surface area contributed by atoms with Crippen LogP contribution in [0.2, 0.25) is 0 Å². The Balaban J connectivity index is 3.46. The van der Waals surface area contributed by atoms with E-state index in [2.05, 4.69) is 0 Å². The Morgan fingerprint density at radius 1 is 1.38 bits per heavy atom. The Labute approximate surface area is 83.5 Å². The second-order valence-corrected chi connectivity index (χ2v) is 4.85. The minimum absolute atomic E-state index is 0.218. The lowest BCUT2D eigenvalue weighted by molar-refractivity contribution is -0.146. The van der Waals surface area contributed by atoms with Crippen molar-refractivity contribution in [2.75, 3.05) is 18.1 Å². The minimum atomic E-state index is -0.741. The highest BCUT2D eigenvalue weighted by atomic mass is 32.2. The van der Waals surface area contributed by atoms with Crippen molar-refractivity contribution < 1.29 is 15.0 Å². The van der Waals surface area contributed by atoms with E-state index in [9.17, 15) is 4.79 Å².